The van der Waals surface area contributed by atoms with E-state index in [0.717, 1.165) is 6.26 Å². The first kappa shape index (κ1) is 21.0. The fraction of sp³-hybridized carbons (Fsp3) is 0.105. The second-order valence-electron chi connectivity index (χ2n) is 6.41. The van der Waals surface area contributed by atoms with Gasteiger partial charge in [0.25, 0.3) is 17.4 Å². The Kier molecular flexibility index (Phi) is 5.56. The molecule has 1 aromatic heterocycles. The second kappa shape index (κ2) is 7.95. The molecule has 0 aliphatic rings. The van der Waals surface area contributed by atoms with Crippen LogP contribution in [0.4, 0.5) is 15.8 Å². The van der Waals surface area contributed by atoms with Crippen molar-refractivity contribution in [2.24, 2.45) is 0 Å². The Balaban J connectivity index is 1.85. The molecule has 0 saturated heterocycles. The maximum atomic E-state index is 13.8. The summed E-state index contributed by atoms with van der Waals surface area (Å²) in [6.07, 6.45) is 0.853. The molecule has 1 heterocycles. The van der Waals surface area contributed by atoms with Gasteiger partial charge in [0, 0.05) is 23.7 Å². The Morgan fingerprint density at radius 3 is 2.30 bits per heavy atom. The van der Waals surface area contributed by atoms with Crippen LogP contribution in [0.5, 0.6) is 0 Å². The lowest BCUT2D eigenvalue weighted by atomic mass is 10.1. The van der Waals surface area contributed by atoms with Gasteiger partial charge in [-0.3, -0.25) is 14.4 Å². The number of rotatable bonds is 5. The smallest absolute Gasteiger partial charge is 0.264 e. The summed E-state index contributed by atoms with van der Waals surface area (Å²) in [7, 11) is -2.13. The third kappa shape index (κ3) is 4.63. The molecule has 9 nitrogen and oxygen atoms in total. The lowest BCUT2D eigenvalue weighted by Gasteiger charge is -2.09. The molecule has 0 unspecified atom stereocenters. The lowest BCUT2D eigenvalue weighted by molar-refractivity contribution is 0.0980. The van der Waals surface area contributed by atoms with E-state index in [1.165, 1.54) is 42.5 Å². The normalized spacial score (nSPS) is 11.2. The van der Waals surface area contributed by atoms with Crippen LogP contribution in [0.15, 0.2) is 47.3 Å². The summed E-state index contributed by atoms with van der Waals surface area (Å²) in [5, 5.41) is 5.61. The van der Waals surface area contributed by atoms with Crippen LogP contribution in [0.25, 0.3) is 10.9 Å². The predicted molar refractivity (Wildman–Crippen MR) is 111 cm³/mol. The molecule has 0 aliphatic heterocycles. The molecule has 0 fully saturated rings. The molecule has 0 atom stereocenters. The van der Waals surface area contributed by atoms with Crippen LogP contribution >= 0.6 is 0 Å². The number of benzene rings is 2. The molecular formula is C19H17FN4O5S. The van der Waals surface area contributed by atoms with Crippen LogP contribution in [-0.4, -0.2) is 38.5 Å². The van der Waals surface area contributed by atoms with E-state index in [0.29, 0.717) is 16.6 Å². The number of anilines is 2. The molecule has 0 aliphatic carbocycles. The number of H-pyrrole nitrogens is 1. The lowest BCUT2D eigenvalue weighted by Crippen LogP contribution is -2.29. The zero-order valence-corrected chi connectivity index (χ0v) is 16.7. The van der Waals surface area contributed by atoms with Gasteiger partial charge in [0.15, 0.2) is 0 Å². The number of halogens is 1. The average Bonchev–Trinajstić information content (AvgIpc) is 2.66. The van der Waals surface area contributed by atoms with Crippen molar-refractivity contribution in [3.05, 3.63) is 69.8 Å². The first-order valence-electron chi connectivity index (χ1n) is 8.55. The van der Waals surface area contributed by atoms with Crippen LogP contribution in [0.3, 0.4) is 0 Å². The third-order valence-corrected chi connectivity index (χ3v) is 4.67. The molecule has 0 spiro atoms. The van der Waals surface area contributed by atoms with E-state index in [1.807, 2.05) is 4.72 Å². The van der Waals surface area contributed by atoms with Gasteiger partial charge in [-0.05, 0) is 42.5 Å². The molecule has 0 bridgehead atoms. The summed E-state index contributed by atoms with van der Waals surface area (Å²) in [6.45, 7) is 0. The Morgan fingerprint density at radius 1 is 1.03 bits per heavy atom. The second-order valence-corrected chi connectivity index (χ2v) is 8.16. The van der Waals surface area contributed by atoms with Gasteiger partial charge in [0.1, 0.15) is 11.4 Å². The highest BCUT2D eigenvalue weighted by molar-refractivity contribution is 7.89. The number of sulfonamides is 1. The first-order valence-corrected chi connectivity index (χ1v) is 10.4. The van der Waals surface area contributed by atoms with Crippen molar-refractivity contribution in [3.63, 3.8) is 0 Å². The van der Waals surface area contributed by atoms with E-state index in [9.17, 15) is 27.2 Å². The van der Waals surface area contributed by atoms with E-state index >= 15 is 0 Å². The fourth-order valence-corrected chi connectivity index (χ4v) is 3.23. The van der Waals surface area contributed by atoms with Crippen molar-refractivity contribution in [2.45, 2.75) is 0 Å². The maximum Gasteiger partial charge on any atom is 0.264 e. The number of amides is 2. The number of carbonyl (C=O) groups is 2. The van der Waals surface area contributed by atoms with Gasteiger partial charge in [0.2, 0.25) is 10.0 Å². The number of carbonyl (C=O) groups excluding carboxylic acids is 2. The monoisotopic (exact) mass is 432 g/mol. The minimum atomic E-state index is -3.71. The van der Waals surface area contributed by atoms with Crippen LogP contribution in [0.2, 0.25) is 0 Å². The van der Waals surface area contributed by atoms with Gasteiger partial charge in [-0.1, -0.05) is 0 Å². The molecule has 30 heavy (non-hydrogen) atoms. The molecule has 156 valence electrons. The minimum absolute atomic E-state index is 0.0667. The summed E-state index contributed by atoms with van der Waals surface area (Å²) in [5.74, 6) is -2.08. The standard InChI is InChI=1S/C19H17FN4O5S/c1-21-15-9-12(20)7-11-8-14(19(27)23-16(11)15)18(26)22-13-5-3-10(4-6-13)17(25)24-30(2,28)29/h3-9,21H,1-2H3,(H,22,26)(H,23,27)(H,24,25). The summed E-state index contributed by atoms with van der Waals surface area (Å²) in [4.78, 5) is 39.2. The number of fused-ring (bicyclic) bond motifs is 1. The van der Waals surface area contributed by atoms with Gasteiger partial charge in [-0.25, -0.2) is 17.5 Å². The number of pyridine rings is 1. The van der Waals surface area contributed by atoms with E-state index in [1.54, 1.807) is 7.05 Å². The summed E-state index contributed by atoms with van der Waals surface area (Å²) in [5.41, 5.74) is 0.183. The molecule has 2 amide bonds. The zero-order chi connectivity index (χ0) is 22.1. The van der Waals surface area contributed by atoms with Crippen molar-refractivity contribution in [1.82, 2.24) is 9.71 Å². The third-order valence-electron chi connectivity index (χ3n) is 4.11. The number of aromatic nitrogens is 1. The van der Waals surface area contributed by atoms with Crippen molar-refractivity contribution < 1.29 is 22.4 Å². The number of nitrogens with one attached hydrogen (secondary N) is 4. The molecule has 3 rings (SSSR count). The quantitative estimate of drug-likeness (QED) is 0.484. The molecule has 0 saturated carbocycles. The molecule has 3 aromatic rings. The van der Waals surface area contributed by atoms with Crippen molar-refractivity contribution in [3.8, 4) is 0 Å². The van der Waals surface area contributed by atoms with Gasteiger partial charge in [-0.15, -0.1) is 0 Å². The predicted octanol–water partition coefficient (Wildman–Crippen LogP) is 1.65. The SMILES string of the molecule is CNc1cc(F)cc2cc(C(=O)Nc3ccc(C(=O)NS(C)(=O)=O)cc3)c(=O)[nH]c12. The summed E-state index contributed by atoms with van der Waals surface area (Å²) >= 11 is 0. The summed E-state index contributed by atoms with van der Waals surface area (Å²) in [6, 6.07) is 9.08. The van der Waals surface area contributed by atoms with E-state index in [-0.39, 0.29) is 16.8 Å². The van der Waals surface area contributed by atoms with Crippen LogP contribution in [-0.2, 0) is 10.0 Å². The molecule has 0 radical (unpaired) electrons. The zero-order valence-electron chi connectivity index (χ0n) is 15.9. The van der Waals surface area contributed by atoms with Gasteiger partial charge in [-0.2, -0.15) is 0 Å². The van der Waals surface area contributed by atoms with Crippen LogP contribution < -0.4 is 20.9 Å². The number of hydrogen-bond acceptors (Lipinski definition) is 6. The minimum Gasteiger partial charge on any atom is -0.386 e. The van der Waals surface area contributed by atoms with E-state index in [2.05, 4.69) is 15.6 Å². The van der Waals surface area contributed by atoms with Crippen LogP contribution in [0.1, 0.15) is 20.7 Å². The molecular weight excluding hydrogens is 415 g/mol. The molecule has 11 heteroatoms. The fourth-order valence-electron chi connectivity index (χ4n) is 2.78. The highest BCUT2D eigenvalue weighted by atomic mass is 32.2. The van der Waals surface area contributed by atoms with E-state index < -0.39 is 33.2 Å². The average molecular weight is 432 g/mol. The maximum absolute atomic E-state index is 13.8. The Hall–Kier alpha value is -3.73. The molecule has 2 aromatic carbocycles. The topological polar surface area (TPSA) is 137 Å². The first-order chi connectivity index (χ1) is 14.1. The Morgan fingerprint density at radius 2 is 1.70 bits per heavy atom. The largest absolute Gasteiger partial charge is 0.386 e. The summed E-state index contributed by atoms with van der Waals surface area (Å²) < 4.78 is 37.8. The highest BCUT2D eigenvalue weighted by Crippen LogP contribution is 2.22. The Labute approximate surface area is 170 Å². The molecule has 4 N–H and O–H groups in total. The van der Waals surface area contributed by atoms with E-state index in [4.69, 9.17) is 0 Å². The number of aromatic amines is 1. The highest BCUT2D eigenvalue weighted by Gasteiger charge is 2.15. The van der Waals surface area contributed by atoms with Gasteiger partial charge < -0.3 is 15.6 Å². The van der Waals surface area contributed by atoms with Gasteiger partial charge in [0.05, 0.1) is 17.5 Å². The van der Waals surface area contributed by atoms with Crippen molar-refractivity contribution in [1.29, 1.82) is 0 Å². The Bertz CT molecular complexity index is 1320. The van der Waals surface area contributed by atoms with Crippen molar-refractivity contribution >= 4 is 44.1 Å². The van der Waals surface area contributed by atoms with Crippen LogP contribution in [0, 0.1) is 5.82 Å². The van der Waals surface area contributed by atoms with Crippen molar-refractivity contribution in [2.75, 3.05) is 23.9 Å². The number of hydrogen-bond donors (Lipinski definition) is 4. The van der Waals surface area contributed by atoms with Gasteiger partial charge >= 0.3 is 0 Å².